The monoisotopic (exact) mass is 288 g/mol. The predicted octanol–water partition coefficient (Wildman–Crippen LogP) is -0.314. The molecule has 0 aliphatic carbocycles. The summed E-state index contributed by atoms with van der Waals surface area (Å²) in [5.41, 5.74) is 7.91. The molecule has 1 atom stereocenters. The quantitative estimate of drug-likeness (QED) is 0.798. The minimum atomic E-state index is -0.208. The number of benzene rings is 1. The Labute approximate surface area is 121 Å². The van der Waals surface area contributed by atoms with E-state index in [1.54, 1.807) is 0 Å². The van der Waals surface area contributed by atoms with Crippen molar-refractivity contribution < 1.29 is 9.53 Å². The summed E-state index contributed by atoms with van der Waals surface area (Å²) < 4.78 is 6.97. The van der Waals surface area contributed by atoms with E-state index < -0.39 is 0 Å². The molecule has 1 amide bonds. The number of nitrogens with zero attached hydrogens (tertiary/aromatic N) is 4. The molecule has 0 saturated heterocycles. The first-order valence-corrected chi connectivity index (χ1v) is 6.72. The van der Waals surface area contributed by atoms with Gasteiger partial charge in [0.1, 0.15) is 12.6 Å². The lowest BCUT2D eigenvalue weighted by Gasteiger charge is -2.26. The number of nitrogens with one attached hydrogen (secondary N) is 1. The van der Waals surface area contributed by atoms with Crippen molar-refractivity contribution in [1.82, 2.24) is 25.5 Å². The molecule has 8 nitrogen and oxygen atoms in total. The van der Waals surface area contributed by atoms with Crippen molar-refractivity contribution in [3.8, 4) is 0 Å². The maximum absolute atomic E-state index is 11.9. The van der Waals surface area contributed by atoms with Gasteiger partial charge in [0.05, 0.1) is 6.61 Å². The Morgan fingerprint density at radius 3 is 3.14 bits per heavy atom. The molecule has 1 unspecified atom stereocenters. The van der Waals surface area contributed by atoms with E-state index in [-0.39, 0.29) is 24.5 Å². The summed E-state index contributed by atoms with van der Waals surface area (Å²) in [5, 5.41) is 13.4. The van der Waals surface area contributed by atoms with Crippen molar-refractivity contribution >= 4 is 11.9 Å². The number of tetrazole rings is 1. The van der Waals surface area contributed by atoms with E-state index >= 15 is 0 Å². The van der Waals surface area contributed by atoms with Gasteiger partial charge in [0.2, 0.25) is 11.9 Å². The van der Waals surface area contributed by atoms with E-state index in [1.165, 1.54) is 10.2 Å². The van der Waals surface area contributed by atoms with Crippen LogP contribution >= 0.6 is 0 Å². The number of hydrogen-bond acceptors (Lipinski definition) is 6. The maximum atomic E-state index is 11.9. The van der Waals surface area contributed by atoms with Crippen LogP contribution in [-0.4, -0.2) is 39.3 Å². The molecule has 1 aliphatic heterocycles. The predicted molar refractivity (Wildman–Crippen MR) is 74.1 cm³/mol. The third-order valence-corrected chi connectivity index (χ3v) is 3.43. The highest BCUT2D eigenvalue weighted by Crippen LogP contribution is 2.26. The molecule has 21 heavy (non-hydrogen) atoms. The Kier molecular flexibility index (Phi) is 3.78. The van der Waals surface area contributed by atoms with Gasteiger partial charge in [-0.25, -0.2) is 4.68 Å². The Morgan fingerprint density at radius 1 is 1.48 bits per heavy atom. The fraction of sp³-hybridized carbons (Fsp3) is 0.385. The van der Waals surface area contributed by atoms with Crippen molar-refractivity contribution in [3.05, 3.63) is 35.4 Å². The molecule has 1 aromatic carbocycles. The molecular weight excluding hydrogens is 272 g/mol. The fourth-order valence-electron chi connectivity index (χ4n) is 2.37. The van der Waals surface area contributed by atoms with Gasteiger partial charge in [0, 0.05) is 6.54 Å². The summed E-state index contributed by atoms with van der Waals surface area (Å²) in [6.07, 6.45) is 0.784. The molecular formula is C13H16N6O2. The van der Waals surface area contributed by atoms with E-state index in [9.17, 15) is 4.79 Å². The topological polar surface area (TPSA) is 108 Å². The summed E-state index contributed by atoms with van der Waals surface area (Å²) in [6.45, 7) is 1.07. The molecule has 1 aliphatic rings. The van der Waals surface area contributed by atoms with Crippen molar-refractivity contribution in [1.29, 1.82) is 0 Å². The van der Waals surface area contributed by atoms with Crippen LogP contribution in [0.15, 0.2) is 24.3 Å². The van der Waals surface area contributed by atoms with Crippen LogP contribution in [0.4, 0.5) is 5.95 Å². The van der Waals surface area contributed by atoms with Crippen LogP contribution in [0, 0.1) is 0 Å². The highest BCUT2D eigenvalue weighted by atomic mass is 16.5. The molecule has 0 radical (unpaired) electrons. The van der Waals surface area contributed by atoms with Gasteiger partial charge in [0.25, 0.3) is 0 Å². The number of anilines is 1. The molecule has 2 heterocycles. The second-order valence-electron chi connectivity index (χ2n) is 4.81. The Hall–Kier alpha value is -2.48. The van der Waals surface area contributed by atoms with Crippen LogP contribution in [0.1, 0.15) is 17.2 Å². The van der Waals surface area contributed by atoms with E-state index in [0.29, 0.717) is 13.2 Å². The van der Waals surface area contributed by atoms with Crippen LogP contribution in [0.3, 0.4) is 0 Å². The number of nitrogen functional groups attached to an aromatic ring is 1. The summed E-state index contributed by atoms with van der Waals surface area (Å²) in [4.78, 5) is 11.9. The molecule has 3 rings (SSSR count). The van der Waals surface area contributed by atoms with Crippen LogP contribution in [-0.2, 0) is 22.5 Å². The molecule has 110 valence electrons. The van der Waals surface area contributed by atoms with Gasteiger partial charge < -0.3 is 15.8 Å². The van der Waals surface area contributed by atoms with Gasteiger partial charge in [-0.1, -0.05) is 29.4 Å². The van der Waals surface area contributed by atoms with Crippen LogP contribution < -0.4 is 11.1 Å². The maximum Gasteiger partial charge on any atom is 0.242 e. The summed E-state index contributed by atoms with van der Waals surface area (Å²) in [6, 6.07) is 8.11. The number of ether oxygens (including phenoxy) is 1. The molecule has 0 bridgehead atoms. The SMILES string of the molecule is Nc1nnnn1CC(=O)NCC1OCCc2ccccc21. The van der Waals surface area contributed by atoms with E-state index in [1.807, 2.05) is 18.2 Å². The van der Waals surface area contributed by atoms with Crippen molar-refractivity contribution in [2.45, 2.75) is 19.1 Å². The zero-order valence-corrected chi connectivity index (χ0v) is 11.4. The molecule has 0 spiro atoms. The van der Waals surface area contributed by atoms with Gasteiger partial charge in [-0.05, 0) is 28.0 Å². The lowest BCUT2D eigenvalue weighted by atomic mass is 9.97. The number of amides is 1. The third-order valence-electron chi connectivity index (χ3n) is 3.43. The van der Waals surface area contributed by atoms with Crippen molar-refractivity contribution in [3.63, 3.8) is 0 Å². The average Bonchev–Trinajstić information content (AvgIpc) is 2.90. The normalized spacial score (nSPS) is 17.2. The van der Waals surface area contributed by atoms with Crippen LogP contribution in [0.5, 0.6) is 0 Å². The Balaban J connectivity index is 1.59. The first kappa shape index (κ1) is 13.5. The molecule has 2 aromatic rings. The molecule has 0 fully saturated rings. The number of nitrogens with two attached hydrogens (primary N) is 1. The third kappa shape index (κ3) is 3.00. The largest absolute Gasteiger partial charge is 0.371 e. The minimum Gasteiger partial charge on any atom is -0.371 e. The first-order chi connectivity index (χ1) is 10.2. The van der Waals surface area contributed by atoms with Crippen LogP contribution in [0.2, 0.25) is 0 Å². The van der Waals surface area contributed by atoms with Gasteiger partial charge in [-0.2, -0.15) is 0 Å². The van der Waals surface area contributed by atoms with Crippen molar-refractivity contribution in [2.24, 2.45) is 0 Å². The van der Waals surface area contributed by atoms with Gasteiger partial charge in [0.15, 0.2) is 0 Å². The highest BCUT2D eigenvalue weighted by molar-refractivity contribution is 5.75. The highest BCUT2D eigenvalue weighted by Gasteiger charge is 2.21. The summed E-state index contributed by atoms with van der Waals surface area (Å²) in [5.74, 6) is -0.0925. The number of rotatable bonds is 4. The molecule has 8 heteroatoms. The van der Waals surface area contributed by atoms with E-state index in [2.05, 4.69) is 26.9 Å². The molecule has 0 saturated carbocycles. The van der Waals surface area contributed by atoms with Crippen LogP contribution in [0.25, 0.3) is 0 Å². The number of hydrogen-bond donors (Lipinski definition) is 2. The second kappa shape index (κ2) is 5.88. The second-order valence-corrected chi connectivity index (χ2v) is 4.81. The number of carbonyl (C=O) groups is 1. The van der Waals surface area contributed by atoms with Crippen molar-refractivity contribution in [2.75, 3.05) is 18.9 Å². The summed E-state index contributed by atoms with van der Waals surface area (Å²) in [7, 11) is 0. The standard InChI is InChI=1S/C13H16N6O2/c14-13-16-17-18-19(13)8-12(20)15-7-11-10-4-2-1-3-9(10)5-6-21-11/h1-4,11H,5-8H2,(H,15,20)(H2,14,16,18). The number of carbonyl (C=O) groups excluding carboxylic acids is 1. The number of aromatic nitrogens is 4. The molecule has 3 N–H and O–H groups in total. The van der Waals surface area contributed by atoms with E-state index in [4.69, 9.17) is 10.5 Å². The zero-order valence-electron chi connectivity index (χ0n) is 11.4. The average molecular weight is 288 g/mol. The Morgan fingerprint density at radius 2 is 2.33 bits per heavy atom. The summed E-state index contributed by atoms with van der Waals surface area (Å²) >= 11 is 0. The Bertz CT molecular complexity index is 641. The molecule has 1 aromatic heterocycles. The number of fused-ring (bicyclic) bond motifs is 1. The van der Waals surface area contributed by atoms with Gasteiger partial charge in [-0.15, -0.1) is 0 Å². The van der Waals surface area contributed by atoms with Gasteiger partial charge >= 0.3 is 0 Å². The minimum absolute atomic E-state index is 0.00675. The first-order valence-electron chi connectivity index (χ1n) is 6.72. The smallest absolute Gasteiger partial charge is 0.242 e. The lowest BCUT2D eigenvalue weighted by Crippen LogP contribution is -2.34. The van der Waals surface area contributed by atoms with Gasteiger partial charge in [-0.3, -0.25) is 4.79 Å². The van der Waals surface area contributed by atoms with E-state index in [0.717, 1.165) is 12.0 Å². The fourth-order valence-corrected chi connectivity index (χ4v) is 2.37. The zero-order chi connectivity index (χ0) is 14.7. The lowest BCUT2D eigenvalue weighted by molar-refractivity contribution is -0.122.